The van der Waals surface area contributed by atoms with Crippen LogP contribution in [0.1, 0.15) is 32.3 Å². The van der Waals surface area contributed by atoms with Crippen LogP contribution in [0.25, 0.3) is 0 Å². The predicted molar refractivity (Wildman–Crippen MR) is 67.4 cm³/mol. The van der Waals surface area contributed by atoms with Crippen LogP contribution in [0.2, 0.25) is 0 Å². The van der Waals surface area contributed by atoms with Crippen LogP contribution in [0.15, 0.2) is 24.3 Å². The van der Waals surface area contributed by atoms with Gasteiger partial charge < -0.3 is 9.47 Å². The number of rotatable bonds is 6. The maximum atomic E-state index is 12.6. The van der Waals surface area contributed by atoms with E-state index >= 15 is 0 Å². The molecule has 0 aliphatic rings. The first kappa shape index (κ1) is 16.3. The SMILES string of the molecule is CCCC(Oc1cccc(C(F)(F)F)c1)C(=O)OCC. The molecule has 0 aliphatic carbocycles. The van der Waals surface area contributed by atoms with Crippen molar-refractivity contribution in [2.45, 2.75) is 39.0 Å². The Balaban J connectivity index is 2.86. The molecule has 112 valence electrons. The lowest BCUT2D eigenvalue weighted by Crippen LogP contribution is -2.29. The minimum atomic E-state index is -4.44. The third-order valence-electron chi connectivity index (χ3n) is 2.54. The molecule has 1 atom stereocenters. The van der Waals surface area contributed by atoms with Crippen LogP contribution in [0.3, 0.4) is 0 Å². The van der Waals surface area contributed by atoms with E-state index < -0.39 is 23.8 Å². The van der Waals surface area contributed by atoms with E-state index in [2.05, 4.69) is 0 Å². The number of hydrogen-bond acceptors (Lipinski definition) is 3. The summed E-state index contributed by atoms with van der Waals surface area (Å²) in [7, 11) is 0. The largest absolute Gasteiger partial charge is 0.479 e. The topological polar surface area (TPSA) is 35.5 Å². The summed E-state index contributed by atoms with van der Waals surface area (Å²) in [5, 5.41) is 0. The Bertz CT molecular complexity index is 444. The van der Waals surface area contributed by atoms with Crippen molar-refractivity contribution in [1.29, 1.82) is 0 Å². The van der Waals surface area contributed by atoms with Gasteiger partial charge in [0, 0.05) is 0 Å². The summed E-state index contributed by atoms with van der Waals surface area (Å²) >= 11 is 0. The van der Waals surface area contributed by atoms with E-state index in [9.17, 15) is 18.0 Å². The Morgan fingerprint density at radius 2 is 2.00 bits per heavy atom. The van der Waals surface area contributed by atoms with E-state index in [0.717, 1.165) is 12.1 Å². The highest BCUT2D eigenvalue weighted by atomic mass is 19.4. The normalized spacial score (nSPS) is 12.8. The smallest absolute Gasteiger partial charge is 0.416 e. The predicted octanol–water partition coefficient (Wildman–Crippen LogP) is 3.82. The first-order valence-electron chi connectivity index (χ1n) is 6.39. The second-order valence-corrected chi connectivity index (χ2v) is 4.17. The molecule has 0 saturated carbocycles. The third kappa shape index (κ3) is 4.75. The van der Waals surface area contributed by atoms with Gasteiger partial charge >= 0.3 is 12.1 Å². The van der Waals surface area contributed by atoms with Crippen molar-refractivity contribution < 1.29 is 27.4 Å². The van der Waals surface area contributed by atoms with Crippen LogP contribution < -0.4 is 4.74 Å². The van der Waals surface area contributed by atoms with E-state index in [1.807, 2.05) is 6.92 Å². The van der Waals surface area contributed by atoms with E-state index in [1.54, 1.807) is 6.92 Å². The van der Waals surface area contributed by atoms with Crippen LogP contribution >= 0.6 is 0 Å². The molecule has 1 rings (SSSR count). The number of benzene rings is 1. The fraction of sp³-hybridized carbons (Fsp3) is 0.500. The highest BCUT2D eigenvalue weighted by molar-refractivity contribution is 5.75. The minimum Gasteiger partial charge on any atom is -0.479 e. The van der Waals surface area contributed by atoms with Gasteiger partial charge in [0.2, 0.25) is 0 Å². The van der Waals surface area contributed by atoms with E-state index in [1.165, 1.54) is 12.1 Å². The quantitative estimate of drug-likeness (QED) is 0.747. The maximum absolute atomic E-state index is 12.6. The summed E-state index contributed by atoms with van der Waals surface area (Å²) in [6, 6.07) is 4.46. The molecule has 0 fully saturated rings. The zero-order valence-corrected chi connectivity index (χ0v) is 11.4. The minimum absolute atomic E-state index is 0.00586. The van der Waals surface area contributed by atoms with E-state index in [0.29, 0.717) is 12.8 Å². The first-order chi connectivity index (χ1) is 9.38. The molecule has 0 bridgehead atoms. The average molecular weight is 290 g/mol. The van der Waals surface area contributed by atoms with Crippen molar-refractivity contribution in [1.82, 2.24) is 0 Å². The Labute approximate surface area is 115 Å². The second kappa shape index (κ2) is 7.17. The summed E-state index contributed by atoms with van der Waals surface area (Å²) in [6.07, 6.45) is -4.29. The van der Waals surface area contributed by atoms with E-state index in [4.69, 9.17) is 9.47 Å². The number of ether oxygens (including phenoxy) is 2. The highest BCUT2D eigenvalue weighted by Crippen LogP contribution is 2.31. The monoisotopic (exact) mass is 290 g/mol. The Morgan fingerprint density at radius 1 is 1.30 bits per heavy atom. The molecule has 3 nitrogen and oxygen atoms in total. The number of alkyl halides is 3. The molecule has 0 spiro atoms. The molecule has 1 aromatic rings. The summed E-state index contributed by atoms with van der Waals surface area (Å²) in [5.74, 6) is -0.557. The van der Waals surface area contributed by atoms with Crippen molar-refractivity contribution in [3.63, 3.8) is 0 Å². The molecule has 6 heteroatoms. The van der Waals surface area contributed by atoms with Crippen molar-refractivity contribution in [3.8, 4) is 5.75 Å². The number of hydrogen-bond donors (Lipinski definition) is 0. The molecule has 0 aromatic heterocycles. The van der Waals surface area contributed by atoms with Gasteiger partial charge in [0.05, 0.1) is 12.2 Å². The maximum Gasteiger partial charge on any atom is 0.416 e. The zero-order valence-electron chi connectivity index (χ0n) is 11.4. The highest BCUT2D eigenvalue weighted by Gasteiger charge is 2.31. The summed E-state index contributed by atoms with van der Waals surface area (Å²) < 4.78 is 47.9. The Hall–Kier alpha value is -1.72. The fourth-order valence-corrected chi connectivity index (χ4v) is 1.63. The molecular formula is C14H17F3O3. The van der Waals surface area contributed by atoms with Crippen LogP contribution in [0, 0.1) is 0 Å². The lowest BCUT2D eigenvalue weighted by atomic mass is 10.2. The van der Waals surface area contributed by atoms with Gasteiger partial charge in [-0.25, -0.2) is 4.79 Å². The second-order valence-electron chi connectivity index (χ2n) is 4.17. The lowest BCUT2D eigenvalue weighted by molar-refractivity contribution is -0.151. The Morgan fingerprint density at radius 3 is 2.55 bits per heavy atom. The van der Waals surface area contributed by atoms with Gasteiger partial charge in [-0.1, -0.05) is 19.4 Å². The van der Waals surface area contributed by atoms with E-state index in [-0.39, 0.29) is 12.4 Å². The number of halogens is 3. The molecule has 20 heavy (non-hydrogen) atoms. The van der Waals surface area contributed by atoms with Gasteiger partial charge in [-0.05, 0) is 31.5 Å². The van der Waals surface area contributed by atoms with Gasteiger partial charge in [-0.15, -0.1) is 0 Å². The Kier molecular flexibility index (Phi) is 5.85. The standard InChI is InChI=1S/C14H17F3O3/c1-3-6-12(13(18)19-4-2)20-11-8-5-7-10(9-11)14(15,16)17/h5,7-9,12H,3-4,6H2,1-2H3. The molecule has 0 radical (unpaired) electrons. The van der Waals surface area contributed by atoms with Gasteiger partial charge in [0.25, 0.3) is 0 Å². The number of carbonyl (C=O) groups excluding carboxylic acids is 1. The molecule has 0 heterocycles. The molecule has 0 N–H and O–H groups in total. The van der Waals surface area contributed by atoms with Gasteiger partial charge in [0.15, 0.2) is 6.10 Å². The lowest BCUT2D eigenvalue weighted by Gasteiger charge is -2.17. The van der Waals surface area contributed by atoms with Crippen LogP contribution in [-0.2, 0) is 15.7 Å². The van der Waals surface area contributed by atoms with Crippen molar-refractivity contribution >= 4 is 5.97 Å². The molecular weight excluding hydrogens is 273 g/mol. The molecule has 1 aromatic carbocycles. The summed E-state index contributed by atoms with van der Waals surface area (Å²) in [4.78, 5) is 11.6. The average Bonchev–Trinajstić information content (AvgIpc) is 2.38. The fourth-order valence-electron chi connectivity index (χ4n) is 1.63. The number of carbonyl (C=O) groups is 1. The number of esters is 1. The van der Waals surface area contributed by atoms with Crippen LogP contribution in [-0.4, -0.2) is 18.7 Å². The van der Waals surface area contributed by atoms with Gasteiger partial charge in [0.1, 0.15) is 5.75 Å². The zero-order chi connectivity index (χ0) is 15.2. The van der Waals surface area contributed by atoms with Crippen molar-refractivity contribution in [2.75, 3.05) is 6.61 Å². The van der Waals surface area contributed by atoms with Crippen molar-refractivity contribution in [2.24, 2.45) is 0 Å². The first-order valence-corrected chi connectivity index (χ1v) is 6.39. The molecule has 0 aliphatic heterocycles. The molecule has 0 amide bonds. The third-order valence-corrected chi connectivity index (χ3v) is 2.54. The summed E-state index contributed by atoms with van der Waals surface area (Å²) in [5.41, 5.74) is -0.811. The molecule has 1 unspecified atom stereocenters. The molecule has 0 saturated heterocycles. The summed E-state index contributed by atoms with van der Waals surface area (Å²) in [6.45, 7) is 3.71. The van der Waals surface area contributed by atoms with Crippen LogP contribution in [0.4, 0.5) is 13.2 Å². The van der Waals surface area contributed by atoms with Gasteiger partial charge in [-0.3, -0.25) is 0 Å². The van der Waals surface area contributed by atoms with Gasteiger partial charge in [-0.2, -0.15) is 13.2 Å². The van der Waals surface area contributed by atoms with Crippen LogP contribution in [0.5, 0.6) is 5.75 Å². The van der Waals surface area contributed by atoms with Crippen molar-refractivity contribution in [3.05, 3.63) is 29.8 Å².